The molecule has 0 spiro atoms. The van der Waals surface area contributed by atoms with Crippen LogP contribution in [0, 0.1) is 6.92 Å². The van der Waals surface area contributed by atoms with Gasteiger partial charge in [-0.1, -0.05) is 13.0 Å². The fourth-order valence-electron chi connectivity index (χ4n) is 1.38. The largest absolute Gasteiger partial charge is 0.320 e. The standard InChI is InChI=1S/C11H18N2/c1-9-6-11(8-13-7-9)10(2)4-5-12-3/h6-8,10,12H,4-5H2,1-3H3. The van der Waals surface area contributed by atoms with Gasteiger partial charge in [0.15, 0.2) is 0 Å². The summed E-state index contributed by atoms with van der Waals surface area (Å²) in [6, 6.07) is 2.22. The molecule has 13 heavy (non-hydrogen) atoms. The van der Waals surface area contributed by atoms with E-state index >= 15 is 0 Å². The van der Waals surface area contributed by atoms with Crippen LogP contribution in [0.2, 0.25) is 0 Å². The maximum absolute atomic E-state index is 4.19. The van der Waals surface area contributed by atoms with Crippen LogP contribution < -0.4 is 5.32 Å². The molecule has 0 aliphatic heterocycles. The molecule has 0 amide bonds. The predicted molar refractivity (Wildman–Crippen MR) is 55.9 cm³/mol. The second-order valence-electron chi connectivity index (χ2n) is 3.59. The number of nitrogens with zero attached hydrogens (tertiary/aromatic N) is 1. The van der Waals surface area contributed by atoms with Crippen molar-refractivity contribution in [2.75, 3.05) is 13.6 Å². The van der Waals surface area contributed by atoms with Gasteiger partial charge in [-0.3, -0.25) is 4.98 Å². The Hall–Kier alpha value is -0.890. The Morgan fingerprint density at radius 2 is 2.23 bits per heavy atom. The summed E-state index contributed by atoms with van der Waals surface area (Å²) >= 11 is 0. The fourth-order valence-corrected chi connectivity index (χ4v) is 1.38. The zero-order valence-corrected chi connectivity index (χ0v) is 8.67. The molecule has 1 unspecified atom stereocenters. The molecule has 1 aromatic rings. The fraction of sp³-hybridized carbons (Fsp3) is 0.545. The third-order valence-electron chi connectivity index (χ3n) is 2.29. The van der Waals surface area contributed by atoms with E-state index in [1.165, 1.54) is 17.5 Å². The lowest BCUT2D eigenvalue weighted by Crippen LogP contribution is -2.10. The number of pyridine rings is 1. The minimum atomic E-state index is 0.597. The first-order valence-electron chi connectivity index (χ1n) is 4.80. The van der Waals surface area contributed by atoms with Crippen LogP contribution in [0.3, 0.4) is 0 Å². The molecule has 1 rings (SSSR count). The first-order valence-corrected chi connectivity index (χ1v) is 4.80. The SMILES string of the molecule is CNCCC(C)c1cncc(C)c1. The van der Waals surface area contributed by atoms with Gasteiger partial charge in [-0.05, 0) is 44.0 Å². The van der Waals surface area contributed by atoms with E-state index in [2.05, 4.69) is 30.2 Å². The topological polar surface area (TPSA) is 24.9 Å². The quantitative estimate of drug-likeness (QED) is 0.763. The first-order chi connectivity index (χ1) is 6.24. The minimum absolute atomic E-state index is 0.597. The van der Waals surface area contributed by atoms with E-state index in [1.54, 1.807) is 0 Å². The average molecular weight is 178 g/mol. The summed E-state index contributed by atoms with van der Waals surface area (Å²) in [7, 11) is 1.99. The average Bonchev–Trinajstić information content (AvgIpc) is 2.14. The number of aryl methyl sites for hydroxylation is 1. The lowest BCUT2D eigenvalue weighted by Gasteiger charge is -2.11. The van der Waals surface area contributed by atoms with Gasteiger partial charge in [-0.15, -0.1) is 0 Å². The van der Waals surface area contributed by atoms with E-state index in [4.69, 9.17) is 0 Å². The highest BCUT2D eigenvalue weighted by atomic mass is 14.8. The Bertz CT molecular complexity index is 258. The molecule has 0 fully saturated rings. The third kappa shape index (κ3) is 3.15. The van der Waals surface area contributed by atoms with E-state index in [1.807, 2.05) is 19.4 Å². The van der Waals surface area contributed by atoms with Gasteiger partial charge in [0, 0.05) is 12.4 Å². The highest BCUT2D eigenvalue weighted by Crippen LogP contribution is 2.17. The van der Waals surface area contributed by atoms with E-state index < -0.39 is 0 Å². The van der Waals surface area contributed by atoms with E-state index in [0.29, 0.717) is 5.92 Å². The molecule has 1 aromatic heterocycles. The van der Waals surface area contributed by atoms with Crippen LogP contribution in [0.15, 0.2) is 18.5 Å². The Morgan fingerprint density at radius 3 is 2.85 bits per heavy atom. The number of hydrogen-bond donors (Lipinski definition) is 1. The van der Waals surface area contributed by atoms with Crippen molar-refractivity contribution in [1.82, 2.24) is 10.3 Å². The second kappa shape index (κ2) is 4.97. The molecular weight excluding hydrogens is 160 g/mol. The van der Waals surface area contributed by atoms with Gasteiger partial charge in [0.25, 0.3) is 0 Å². The van der Waals surface area contributed by atoms with Gasteiger partial charge in [0.2, 0.25) is 0 Å². The smallest absolute Gasteiger partial charge is 0.0302 e. The summed E-state index contributed by atoms with van der Waals surface area (Å²) in [6.45, 7) is 5.39. The van der Waals surface area contributed by atoms with Crippen molar-refractivity contribution >= 4 is 0 Å². The number of rotatable bonds is 4. The van der Waals surface area contributed by atoms with E-state index in [0.717, 1.165) is 6.54 Å². The predicted octanol–water partition coefficient (Wildman–Crippen LogP) is 2.10. The van der Waals surface area contributed by atoms with Crippen molar-refractivity contribution in [2.24, 2.45) is 0 Å². The molecule has 0 bridgehead atoms. The molecule has 2 nitrogen and oxygen atoms in total. The van der Waals surface area contributed by atoms with Crippen molar-refractivity contribution < 1.29 is 0 Å². The van der Waals surface area contributed by atoms with Gasteiger partial charge in [0.1, 0.15) is 0 Å². The van der Waals surface area contributed by atoms with E-state index in [-0.39, 0.29) is 0 Å². The van der Waals surface area contributed by atoms with Crippen LogP contribution in [0.25, 0.3) is 0 Å². The minimum Gasteiger partial charge on any atom is -0.320 e. The maximum atomic E-state index is 4.19. The molecule has 0 radical (unpaired) electrons. The third-order valence-corrected chi connectivity index (χ3v) is 2.29. The molecule has 1 N–H and O–H groups in total. The zero-order valence-electron chi connectivity index (χ0n) is 8.67. The summed E-state index contributed by atoms with van der Waals surface area (Å²) in [5, 5.41) is 3.16. The Kier molecular flexibility index (Phi) is 3.90. The summed E-state index contributed by atoms with van der Waals surface area (Å²) < 4.78 is 0. The van der Waals surface area contributed by atoms with Gasteiger partial charge in [0.05, 0.1) is 0 Å². The maximum Gasteiger partial charge on any atom is 0.0302 e. The van der Waals surface area contributed by atoms with Gasteiger partial charge >= 0.3 is 0 Å². The molecule has 0 aliphatic rings. The number of nitrogens with one attached hydrogen (secondary N) is 1. The Labute approximate surface area is 80.4 Å². The van der Waals surface area contributed by atoms with Crippen molar-refractivity contribution in [3.63, 3.8) is 0 Å². The highest BCUT2D eigenvalue weighted by Gasteiger charge is 2.04. The molecule has 72 valence electrons. The van der Waals surface area contributed by atoms with E-state index in [9.17, 15) is 0 Å². The summed E-state index contributed by atoms with van der Waals surface area (Å²) in [6.07, 6.45) is 5.03. The second-order valence-corrected chi connectivity index (χ2v) is 3.59. The van der Waals surface area contributed by atoms with Crippen LogP contribution in [-0.2, 0) is 0 Å². The lowest BCUT2D eigenvalue weighted by molar-refractivity contribution is 0.634. The van der Waals surface area contributed by atoms with Gasteiger partial charge in [-0.2, -0.15) is 0 Å². The Balaban J connectivity index is 2.60. The summed E-state index contributed by atoms with van der Waals surface area (Å²) in [4.78, 5) is 4.19. The van der Waals surface area contributed by atoms with Crippen molar-refractivity contribution in [2.45, 2.75) is 26.2 Å². The molecule has 0 aromatic carbocycles. The molecule has 2 heteroatoms. The molecule has 0 saturated carbocycles. The molecule has 0 aliphatic carbocycles. The lowest BCUT2D eigenvalue weighted by atomic mass is 9.99. The summed E-state index contributed by atoms with van der Waals surface area (Å²) in [5.74, 6) is 0.597. The van der Waals surface area contributed by atoms with Crippen molar-refractivity contribution in [3.8, 4) is 0 Å². The van der Waals surface area contributed by atoms with Crippen LogP contribution in [0.4, 0.5) is 0 Å². The molecule has 1 heterocycles. The first kappa shape index (κ1) is 10.2. The van der Waals surface area contributed by atoms with Crippen LogP contribution >= 0.6 is 0 Å². The van der Waals surface area contributed by atoms with Crippen LogP contribution in [0.1, 0.15) is 30.4 Å². The van der Waals surface area contributed by atoms with Crippen LogP contribution in [0.5, 0.6) is 0 Å². The molecular formula is C11H18N2. The summed E-state index contributed by atoms with van der Waals surface area (Å²) in [5.41, 5.74) is 2.59. The van der Waals surface area contributed by atoms with Gasteiger partial charge in [-0.25, -0.2) is 0 Å². The van der Waals surface area contributed by atoms with Gasteiger partial charge < -0.3 is 5.32 Å². The number of aromatic nitrogens is 1. The molecule has 1 atom stereocenters. The van der Waals surface area contributed by atoms with Crippen molar-refractivity contribution in [3.05, 3.63) is 29.6 Å². The number of hydrogen-bond acceptors (Lipinski definition) is 2. The Morgan fingerprint density at radius 1 is 1.46 bits per heavy atom. The molecule has 0 saturated heterocycles. The zero-order chi connectivity index (χ0) is 9.68. The monoisotopic (exact) mass is 178 g/mol. The highest BCUT2D eigenvalue weighted by molar-refractivity contribution is 5.19. The normalized spacial score (nSPS) is 12.8. The van der Waals surface area contributed by atoms with Crippen LogP contribution in [-0.4, -0.2) is 18.6 Å². The van der Waals surface area contributed by atoms with Crippen molar-refractivity contribution in [1.29, 1.82) is 0 Å².